The molecular formula is C13H19N. The normalized spacial score (nSPS) is 13.8. The first-order chi connectivity index (χ1) is 6.74. The lowest BCUT2D eigenvalue weighted by atomic mass is 10.1. The van der Waals surface area contributed by atoms with Crippen molar-refractivity contribution in [3.63, 3.8) is 0 Å². The minimum absolute atomic E-state index is 0.437. The molecule has 0 atom stereocenters. The maximum atomic E-state index is 4.40. The van der Waals surface area contributed by atoms with Gasteiger partial charge < -0.3 is 0 Å². The molecule has 76 valence electrons. The van der Waals surface area contributed by atoms with Crippen molar-refractivity contribution in [1.29, 1.82) is 0 Å². The molecule has 1 heterocycles. The van der Waals surface area contributed by atoms with Crippen molar-refractivity contribution >= 4 is 5.71 Å². The van der Waals surface area contributed by atoms with Gasteiger partial charge >= 0.3 is 0 Å². The summed E-state index contributed by atoms with van der Waals surface area (Å²) in [7, 11) is 0. The van der Waals surface area contributed by atoms with Gasteiger partial charge in [0.1, 0.15) is 0 Å². The molecule has 0 aromatic heterocycles. The second kappa shape index (κ2) is 7.11. The van der Waals surface area contributed by atoms with Crippen LogP contribution in [0.1, 0.15) is 27.7 Å². The van der Waals surface area contributed by atoms with Gasteiger partial charge in [-0.3, -0.25) is 4.99 Å². The van der Waals surface area contributed by atoms with Gasteiger partial charge in [0.25, 0.3) is 0 Å². The van der Waals surface area contributed by atoms with E-state index in [2.05, 4.69) is 31.2 Å². The third-order valence-electron chi connectivity index (χ3n) is 1.64. The molecule has 0 saturated heterocycles. The fourth-order valence-corrected chi connectivity index (χ4v) is 0.895. The molecule has 1 aliphatic rings. The Morgan fingerprint density at radius 3 is 2.57 bits per heavy atom. The van der Waals surface area contributed by atoms with Crippen LogP contribution in [0.5, 0.6) is 0 Å². The number of allylic oxidation sites excluding steroid dienone is 3. The molecule has 0 saturated carbocycles. The summed E-state index contributed by atoms with van der Waals surface area (Å²) in [5.41, 5.74) is 4.99. The molecule has 0 amide bonds. The zero-order valence-electron chi connectivity index (χ0n) is 9.54. The topological polar surface area (TPSA) is 12.4 Å². The van der Waals surface area contributed by atoms with Gasteiger partial charge in [0.05, 0.1) is 11.4 Å². The van der Waals surface area contributed by atoms with E-state index in [0.717, 1.165) is 11.4 Å². The standard InChI is InChI=1S/C11H13N.C2H6/c1-4-10-7-5-6-8-11(12-10)9(2)3;1-2/h4-5,7-9H,1H2,2-3H3;1-2H3. The van der Waals surface area contributed by atoms with E-state index >= 15 is 0 Å². The average Bonchev–Trinajstić information content (AvgIpc) is 2.45. The third kappa shape index (κ3) is 4.06. The van der Waals surface area contributed by atoms with E-state index in [1.807, 2.05) is 32.1 Å². The van der Waals surface area contributed by atoms with Gasteiger partial charge in [-0.05, 0) is 24.1 Å². The molecule has 0 spiro atoms. The molecule has 1 aliphatic heterocycles. The minimum Gasteiger partial charge on any atom is -0.253 e. The van der Waals surface area contributed by atoms with Gasteiger partial charge in [0.15, 0.2) is 0 Å². The first-order valence-corrected chi connectivity index (χ1v) is 5.08. The molecule has 1 heteroatoms. The van der Waals surface area contributed by atoms with Crippen molar-refractivity contribution in [2.45, 2.75) is 27.7 Å². The van der Waals surface area contributed by atoms with Crippen molar-refractivity contribution in [2.24, 2.45) is 10.9 Å². The molecule has 0 aromatic carbocycles. The van der Waals surface area contributed by atoms with Gasteiger partial charge in [0, 0.05) is 6.08 Å². The smallest absolute Gasteiger partial charge is 0.0633 e. The van der Waals surface area contributed by atoms with Crippen LogP contribution in [-0.2, 0) is 0 Å². The van der Waals surface area contributed by atoms with E-state index in [0.29, 0.717) is 5.92 Å². The van der Waals surface area contributed by atoms with Crippen LogP contribution >= 0.6 is 0 Å². The van der Waals surface area contributed by atoms with Crippen LogP contribution in [0.15, 0.2) is 47.3 Å². The Hall–Kier alpha value is -1.33. The predicted molar refractivity (Wildman–Crippen MR) is 64.6 cm³/mol. The first kappa shape index (κ1) is 12.7. The molecule has 0 aromatic rings. The fourth-order valence-electron chi connectivity index (χ4n) is 0.895. The lowest BCUT2D eigenvalue weighted by molar-refractivity contribution is 0.887. The van der Waals surface area contributed by atoms with E-state index in [4.69, 9.17) is 0 Å². The highest BCUT2D eigenvalue weighted by Gasteiger charge is 2.01. The lowest BCUT2D eigenvalue weighted by Gasteiger charge is -2.02. The highest BCUT2D eigenvalue weighted by Crippen LogP contribution is 2.07. The highest BCUT2D eigenvalue weighted by atomic mass is 14.8. The Morgan fingerprint density at radius 1 is 1.43 bits per heavy atom. The van der Waals surface area contributed by atoms with E-state index in [-0.39, 0.29) is 0 Å². The monoisotopic (exact) mass is 189 g/mol. The third-order valence-corrected chi connectivity index (χ3v) is 1.64. The second-order valence-corrected chi connectivity index (χ2v) is 2.96. The summed E-state index contributed by atoms with van der Waals surface area (Å²) in [5.74, 6) is 0.437. The van der Waals surface area contributed by atoms with E-state index < -0.39 is 0 Å². The zero-order chi connectivity index (χ0) is 11.0. The van der Waals surface area contributed by atoms with E-state index in [1.165, 1.54) is 0 Å². The maximum Gasteiger partial charge on any atom is 0.0633 e. The van der Waals surface area contributed by atoms with Gasteiger partial charge in [-0.15, -0.1) is 5.73 Å². The Kier molecular flexibility index (Phi) is 6.43. The Labute approximate surface area is 87.3 Å². The number of hydrogen-bond acceptors (Lipinski definition) is 1. The molecule has 1 nitrogen and oxygen atoms in total. The van der Waals surface area contributed by atoms with E-state index in [9.17, 15) is 0 Å². The molecule has 0 N–H and O–H groups in total. The molecule has 0 aliphatic carbocycles. The van der Waals surface area contributed by atoms with Gasteiger partial charge in [-0.1, -0.05) is 34.3 Å². The molecule has 0 fully saturated rings. The van der Waals surface area contributed by atoms with Crippen LogP contribution in [0.25, 0.3) is 0 Å². The molecule has 1 rings (SSSR count). The minimum atomic E-state index is 0.437. The SMILES string of the molecule is C=CC1=CC=C=CC(C(C)C)=N1.CC. The maximum absolute atomic E-state index is 4.40. The Morgan fingerprint density at radius 2 is 2.07 bits per heavy atom. The number of rotatable bonds is 2. The summed E-state index contributed by atoms with van der Waals surface area (Å²) in [6.07, 6.45) is 7.42. The van der Waals surface area contributed by atoms with Gasteiger partial charge in [0.2, 0.25) is 0 Å². The van der Waals surface area contributed by atoms with Crippen molar-refractivity contribution in [1.82, 2.24) is 0 Å². The largest absolute Gasteiger partial charge is 0.253 e. The molecular weight excluding hydrogens is 170 g/mol. The van der Waals surface area contributed by atoms with Crippen LogP contribution < -0.4 is 0 Å². The summed E-state index contributed by atoms with van der Waals surface area (Å²) in [6, 6.07) is 0. The van der Waals surface area contributed by atoms with Gasteiger partial charge in [-0.25, -0.2) is 0 Å². The quantitative estimate of drug-likeness (QED) is 0.584. The Balaban J connectivity index is 0.000000791. The lowest BCUT2D eigenvalue weighted by Crippen LogP contribution is -2.02. The summed E-state index contributed by atoms with van der Waals surface area (Å²) in [6.45, 7) is 11.9. The zero-order valence-corrected chi connectivity index (χ0v) is 9.54. The van der Waals surface area contributed by atoms with E-state index in [1.54, 1.807) is 6.08 Å². The predicted octanol–water partition coefficient (Wildman–Crippen LogP) is 3.90. The first-order valence-electron chi connectivity index (χ1n) is 5.08. The van der Waals surface area contributed by atoms with Crippen molar-refractivity contribution in [3.8, 4) is 0 Å². The highest BCUT2D eigenvalue weighted by molar-refractivity contribution is 5.97. The van der Waals surface area contributed by atoms with Crippen LogP contribution in [0.3, 0.4) is 0 Å². The molecule has 0 radical (unpaired) electrons. The fraction of sp³-hybridized carbons (Fsp3) is 0.385. The molecule has 14 heavy (non-hydrogen) atoms. The number of nitrogens with zero attached hydrogens (tertiary/aromatic N) is 1. The second-order valence-electron chi connectivity index (χ2n) is 2.96. The van der Waals surface area contributed by atoms with Crippen LogP contribution in [0.4, 0.5) is 0 Å². The number of hydrogen-bond donors (Lipinski definition) is 0. The van der Waals surface area contributed by atoms with Crippen LogP contribution in [0.2, 0.25) is 0 Å². The summed E-state index contributed by atoms with van der Waals surface area (Å²) < 4.78 is 0. The van der Waals surface area contributed by atoms with Crippen molar-refractivity contribution in [2.75, 3.05) is 0 Å². The van der Waals surface area contributed by atoms with Crippen LogP contribution in [-0.4, -0.2) is 5.71 Å². The molecule has 0 unspecified atom stereocenters. The van der Waals surface area contributed by atoms with Crippen molar-refractivity contribution in [3.05, 3.63) is 42.3 Å². The summed E-state index contributed by atoms with van der Waals surface area (Å²) in [5, 5.41) is 0. The average molecular weight is 189 g/mol. The summed E-state index contributed by atoms with van der Waals surface area (Å²) >= 11 is 0. The van der Waals surface area contributed by atoms with Crippen LogP contribution in [0, 0.1) is 5.92 Å². The Bertz CT molecular complexity index is 297. The van der Waals surface area contributed by atoms with Gasteiger partial charge in [-0.2, -0.15) is 0 Å². The molecule has 0 bridgehead atoms. The number of aliphatic imine (C=N–C) groups is 1. The summed E-state index contributed by atoms with van der Waals surface area (Å²) in [4.78, 5) is 4.40. The van der Waals surface area contributed by atoms with Crippen molar-refractivity contribution < 1.29 is 0 Å².